The molecule has 0 saturated heterocycles. The van der Waals surface area contributed by atoms with E-state index in [2.05, 4.69) is 5.32 Å². The van der Waals surface area contributed by atoms with Crippen LogP contribution >= 0.6 is 0 Å². The molecule has 2 aliphatic rings. The molecule has 6 heteroatoms. The van der Waals surface area contributed by atoms with Crippen LogP contribution in [0.25, 0.3) is 11.1 Å². The number of anilines is 1. The van der Waals surface area contributed by atoms with Gasteiger partial charge in [-0.25, -0.2) is 0 Å². The quantitative estimate of drug-likeness (QED) is 0.279. The summed E-state index contributed by atoms with van der Waals surface area (Å²) in [5, 5.41) is 26.8. The Morgan fingerprint density at radius 2 is 1.47 bits per heavy atom. The Morgan fingerprint density at radius 3 is 2.06 bits per heavy atom. The van der Waals surface area contributed by atoms with Crippen LogP contribution in [-0.2, 0) is 4.79 Å². The van der Waals surface area contributed by atoms with Crippen molar-refractivity contribution in [1.82, 2.24) is 0 Å². The fourth-order valence-electron chi connectivity index (χ4n) is 4.22. The lowest BCUT2D eigenvalue weighted by Gasteiger charge is -2.10. The summed E-state index contributed by atoms with van der Waals surface area (Å²) in [4.78, 5) is 24.9. The second kappa shape index (κ2) is 15.5. The summed E-state index contributed by atoms with van der Waals surface area (Å²) in [6.45, 7) is 3.25. The summed E-state index contributed by atoms with van der Waals surface area (Å²) in [7, 11) is 0. The van der Waals surface area contributed by atoms with E-state index in [9.17, 15) is 14.7 Å². The highest BCUT2D eigenvalue weighted by Gasteiger charge is 2.23. The number of carbonyl (C=O) groups excluding carboxylic acids is 2. The molecule has 0 aliphatic heterocycles. The molecule has 0 bridgehead atoms. The summed E-state index contributed by atoms with van der Waals surface area (Å²) in [5.74, 6) is 0.500. The smallest absolute Gasteiger partial charge is 0.228 e. The number of carbonyl (C=O) groups is 2. The number of hydrogen-bond acceptors (Lipinski definition) is 5. The van der Waals surface area contributed by atoms with Crippen LogP contribution in [-0.4, -0.2) is 33.8 Å². The van der Waals surface area contributed by atoms with Gasteiger partial charge in [0.05, 0.1) is 6.42 Å². The van der Waals surface area contributed by atoms with Gasteiger partial charge in [-0.2, -0.15) is 0 Å². The first-order valence-corrected chi connectivity index (χ1v) is 12.5. The van der Waals surface area contributed by atoms with Crippen LogP contribution < -0.4 is 5.32 Å². The number of aliphatic hydroxyl groups excluding tert-OH is 2. The molecule has 1 saturated carbocycles. The topological polar surface area (TPSA) is 107 Å². The van der Waals surface area contributed by atoms with E-state index in [0.29, 0.717) is 6.42 Å². The lowest BCUT2D eigenvalue weighted by atomic mass is 9.94. The largest absolute Gasteiger partial charge is 0.508 e. The predicted octanol–water partition coefficient (Wildman–Crippen LogP) is 6.34. The number of Topliss-reactive ketones (excluding diaryl/α,β-unsaturated/α-hetero) is 1. The van der Waals surface area contributed by atoms with E-state index in [1.807, 2.05) is 74.5 Å². The van der Waals surface area contributed by atoms with E-state index in [1.54, 1.807) is 12.2 Å². The van der Waals surface area contributed by atoms with Crippen LogP contribution in [0.15, 0.2) is 84.2 Å². The standard InChI is InChI=1S/C27H27NO3.C2H6.CH4O2/c29-25-8-4-1-5-19(17-25)18-26(30)28-24-15-13-21(14-16-24)20-9-11-23(12-10-20)27(31)22-6-2-3-7-22;1-2;2-1-3/h4-5,8-17,22,29H,1-3,6-7,18H2,(H,28,30);1-2H3;2-3H,1H2. The lowest BCUT2D eigenvalue weighted by molar-refractivity contribution is -0.115. The second-order valence-electron chi connectivity index (χ2n) is 8.35. The van der Waals surface area contributed by atoms with Crippen molar-refractivity contribution in [3.05, 3.63) is 89.7 Å². The Labute approximate surface area is 213 Å². The van der Waals surface area contributed by atoms with Crippen molar-refractivity contribution in [2.24, 2.45) is 5.92 Å². The van der Waals surface area contributed by atoms with Gasteiger partial charge in [-0.3, -0.25) is 9.59 Å². The minimum Gasteiger partial charge on any atom is -0.508 e. The van der Waals surface area contributed by atoms with Gasteiger partial charge < -0.3 is 20.6 Å². The molecule has 4 rings (SSSR count). The van der Waals surface area contributed by atoms with Gasteiger partial charge in [0.15, 0.2) is 5.78 Å². The third-order valence-electron chi connectivity index (χ3n) is 5.90. The van der Waals surface area contributed by atoms with Crippen LogP contribution in [0.1, 0.15) is 62.7 Å². The zero-order valence-corrected chi connectivity index (χ0v) is 21.1. The number of amides is 1. The van der Waals surface area contributed by atoms with Gasteiger partial charge in [0.25, 0.3) is 0 Å². The van der Waals surface area contributed by atoms with Gasteiger partial charge in [0, 0.05) is 17.2 Å². The van der Waals surface area contributed by atoms with Crippen molar-refractivity contribution >= 4 is 17.4 Å². The lowest BCUT2D eigenvalue weighted by Crippen LogP contribution is -2.11. The predicted molar refractivity (Wildman–Crippen MR) is 145 cm³/mol. The van der Waals surface area contributed by atoms with Gasteiger partial charge in [-0.05, 0) is 60.2 Å². The average Bonchev–Trinajstić information content (AvgIpc) is 3.36. The fraction of sp³-hybridized carbons (Fsp3) is 0.333. The molecule has 0 atom stereocenters. The number of allylic oxidation sites excluding steroid dienone is 4. The Balaban J connectivity index is 0.000000850. The first-order valence-electron chi connectivity index (χ1n) is 12.5. The summed E-state index contributed by atoms with van der Waals surface area (Å²) in [6.07, 6.45) is 12.3. The molecule has 0 unspecified atom stereocenters. The van der Waals surface area contributed by atoms with Gasteiger partial charge in [-0.1, -0.05) is 75.2 Å². The van der Waals surface area contributed by atoms with E-state index >= 15 is 0 Å². The number of nitrogens with one attached hydrogen (secondary N) is 1. The molecular weight excluding hydrogens is 454 g/mol. The minimum absolute atomic E-state index is 0.125. The summed E-state index contributed by atoms with van der Waals surface area (Å²) < 4.78 is 0. The second-order valence-corrected chi connectivity index (χ2v) is 8.35. The van der Waals surface area contributed by atoms with Crippen molar-refractivity contribution in [3.8, 4) is 11.1 Å². The van der Waals surface area contributed by atoms with Crippen LogP contribution in [0, 0.1) is 5.92 Å². The molecule has 192 valence electrons. The maximum absolute atomic E-state index is 12.6. The van der Waals surface area contributed by atoms with E-state index < -0.39 is 6.79 Å². The Bertz CT molecular complexity index is 1060. The van der Waals surface area contributed by atoms with Crippen LogP contribution in [0.2, 0.25) is 0 Å². The molecule has 0 spiro atoms. The van der Waals surface area contributed by atoms with Crippen LogP contribution in [0.3, 0.4) is 0 Å². The normalized spacial score (nSPS) is 14.8. The van der Waals surface area contributed by atoms with Crippen molar-refractivity contribution in [1.29, 1.82) is 0 Å². The molecule has 1 amide bonds. The van der Waals surface area contributed by atoms with Gasteiger partial charge in [-0.15, -0.1) is 0 Å². The molecule has 2 aromatic rings. The Kier molecular flexibility index (Phi) is 12.4. The van der Waals surface area contributed by atoms with Gasteiger partial charge >= 0.3 is 0 Å². The Morgan fingerprint density at radius 1 is 0.917 bits per heavy atom. The highest BCUT2D eigenvalue weighted by atomic mass is 16.5. The molecule has 36 heavy (non-hydrogen) atoms. The molecule has 4 N–H and O–H groups in total. The van der Waals surface area contributed by atoms with E-state index in [-0.39, 0.29) is 29.8 Å². The molecule has 2 aliphatic carbocycles. The van der Waals surface area contributed by atoms with Crippen molar-refractivity contribution in [3.63, 3.8) is 0 Å². The maximum Gasteiger partial charge on any atom is 0.228 e. The molecule has 0 aromatic heterocycles. The monoisotopic (exact) mass is 491 g/mol. The van der Waals surface area contributed by atoms with Gasteiger partial charge in [0.1, 0.15) is 12.6 Å². The maximum atomic E-state index is 12.6. The van der Waals surface area contributed by atoms with Crippen molar-refractivity contribution in [2.45, 2.75) is 52.4 Å². The zero-order chi connectivity index (χ0) is 26.3. The Hall–Kier alpha value is -3.48. The van der Waals surface area contributed by atoms with Crippen molar-refractivity contribution < 1.29 is 24.9 Å². The number of aliphatic hydroxyl groups is 3. The van der Waals surface area contributed by atoms with E-state index in [4.69, 9.17) is 10.2 Å². The highest BCUT2D eigenvalue weighted by molar-refractivity contribution is 5.98. The first-order chi connectivity index (χ1) is 17.5. The molecule has 1 fully saturated rings. The van der Waals surface area contributed by atoms with E-state index in [0.717, 1.165) is 53.6 Å². The van der Waals surface area contributed by atoms with E-state index in [1.165, 1.54) is 0 Å². The third-order valence-corrected chi connectivity index (χ3v) is 5.90. The van der Waals surface area contributed by atoms with Crippen molar-refractivity contribution in [2.75, 3.05) is 12.1 Å². The summed E-state index contributed by atoms with van der Waals surface area (Å²) in [5.41, 5.74) is 4.38. The third kappa shape index (κ3) is 8.95. The number of hydrogen-bond donors (Lipinski definition) is 4. The fourth-order valence-corrected chi connectivity index (χ4v) is 4.22. The molecule has 0 radical (unpaired) electrons. The van der Waals surface area contributed by atoms with Gasteiger partial charge in [0.2, 0.25) is 5.91 Å². The number of rotatable bonds is 6. The molecule has 6 nitrogen and oxygen atoms in total. The number of benzene rings is 2. The average molecular weight is 492 g/mol. The SMILES string of the molecule is CC.O=C(CC1=CCC=CC(O)=C1)Nc1ccc(-c2ccc(C(=O)C3CCCC3)cc2)cc1.OCO. The summed E-state index contributed by atoms with van der Waals surface area (Å²) in [6, 6.07) is 15.5. The number of ketones is 1. The molecular formula is C30H37NO5. The highest BCUT2D eigenvalue weighted by Crippen LogP contribution is 2.29. The van der Waals surface area contributed by atoms with Crippen LogP contribution in [0.5, 0.6) is 0 Å². The molecule has 2 aromatic carbocycles. The molecule has 0 heterocycles. The minimum atomic E-state index is -0.750. The summed E-state index contributed by atoms with van der Waals surface area (Å²) >= 11 is 0. The van der Waals surface area contributed by atoms with Crippen LogP contribution in [0.4, 0.5) is 5.69 Å². The first kappa shape index (κ1) is 28.8. The zero-order valence-electron chi connectivity index (χ0n) is 21.1.